The van der Waals surface area contributed by atoms with Crippen LogP contribution >= 0.6 is 0 Å². The molecule has 0 aromatic carbocycles. The number of allylic oxidation sites excluding steroid dienone is 1. The van der Waals surface area contributed by atoms with Crippen LogP contribution in [0.2, 0.25) is 0 Å². The lowest BCUT2D eigenvalue weighted by Gasteiger charge is -2.18. The quantitative estimate of drug-likeness (QED) is 0.621. The fourth-order valence-corrected chi connectivity index (χ4v) is 0.433. The van der Waals surface area contributed by atoms with E-state index < -0.39 is 0 Å². The maximum Gasteiger partial charge on any atom is 0.00276 e. The van der Waals surface area contributed by atoms with Crippen LogP contribution in [0.3, 0.4) is 0 Å². The van der Waals surface area contributed by atoms with Crippen molar-refractivity contribution in [3.8, 4) is 0 Å². The number of rotatable bonds is 1. The molecule has 0 aliphatic heterocycles. The van der Waals surface area contributed by atoms with Gasteiger partial charge >= 0.3 is 0 Å². The van der Waals surface area contributed by atoms with E-state index in [1.165, 1.54) is 5.57 Å². The molecule has 0 atom stereocenters. The summed E-state index contributed by atoms with van der Waals surface area (Å²) in [4.78, 5) is 0. The molecule has 0 aliphatic carbocycles. The minimum absolute atomic E-state index is 0. The molecule has 0 aromatic rings. The van der Waals surface area contributed by atoms with E-state index in [9.17, 15) is 0 Å². The molecule has 0 saturated carbocycles. The van der Waals surface area contributed by atoms with E-state index in [0.717, 1.165) is 0 Å². The largest absolute Gasteiger partial charge is 0.394 e. The first-order valence-corrected chi connectivity index (χ1v) is 4.33. The number of hydrogen-bond acceptors (Lipinski definition) is 1. The fraction of sp³-hybridized carbons (Fsp3) is 0.800. The van der Waals surface area contributed by atoms with Gasteiger partial charge in [-0.2, -0.15) is 0 Å². The molecule has 0 rings (SSSR count). The maximum absolute atomic E-state index is 3.01. The molecular weight excluding hydrogens is 134 g/mol. The Bertz CT molecular complexity index is 111. The molecule has 0 saturated heterocycles. The van der Waals surface area contributed by atoms with Gasteiger partial charge in [0.1, 0.15) is 0 Å². The summed E-state index contributed by atoms with van der Waals surface area (Å²) in [6.07, 6.45) is 2.04. The zero-order valence-corrected chi connectivity index (χ0v) is 9.08. The molecule has 0 aliphatic rings. The van der Waals surface area contributed by atoms with Gasteiger partial charge in [-0.15, -0.1) is 0 Å². The highest BCUT2D eigenvalue weighted by molar-refractivity contribution is 5.05. The lowest BCUT2D eigenvalue weighted by Crippen LogP contribution is -2.09. The summed E-state index contributed by atoms with van der Waals surface area (Å²) in [5.41, 5.74) is 1.69. The highest BCUT2D eigenvalue weighted by Gasteiger charge is 2.10. The Labute approximate surface area is 73.4 Å². The van der Waals surface area contributed by atoms with E-state index in [-0.39, 0.29) is 1.43 Å². The van der Waals surface area contributed by atoms with Gasteiger partial charge in [0.05, 0.1) is 0 Å². The van der Waals surface area contributed by atoms with Gasteiger partial charge in [-0.1, -0.05) is 40.2 Å². The Morgan fingerprint density at radius 2 is 1.64 bits per heavy atom. The Hall–Kier alpha value is -0.460. The molecular formula is C10H25N. The van der Waals surface area contributed by atoms with Crippen molar-refractivity contribution in [1.82, 2.24) is 5.32 Å². The van der Waals surface area contributed by atoms with Crippen LogP contribution in [0.4, 0.5) is 0 Å². The van der Waals surface area contributed by atoms with Crippen molar-refractivity contribution in [2.24, 2.45) is 5.41 Å². The average Bonchev–Trinajstić information content (AvgIpc) is 1.91. The second-order valence-electron chi connectivity index (χ2n) is 3.37. The first-order chi connectivity index (χ1) is 4.98. The molecule has 0 fully saturated rings. The van der Waals surface area contributed by atoms with Crippen molar-refractivity contribution in [1.29, 1.82) is 0 Å². The van der Waals surface area contributed by atoms with Crippen molar-refractivity contribution in [3.63, 3.8) is 0 Å². The zero-order valence-electron chi connectivity index (χ0n) is 9.08. The second-order valence-corrected chi connectivity index (χ2v) is 3.37. The highest BCUT2D eigenvalue weighted by Crippen LogP contribution is 2.23. The molecule has 0 spiro atoms. The Kier molecular flexibility index (Phi) is 7.49. The molecule has 0 unspecified atom stereocenters. The molecule has 11 heavy (non-hydrogen) atoms. The van der Waals surface area contributed by atoms with Gasteiger partial charge in [-0.3, -0.25) is 0 Å². The summed E-state index contributed by atoms with van der Waals surface area (Å²) in [6.45, 7) is 12.7. The van der Waals surface area contributed by atoms with Gasteiger partial charge in [-0.25, -0.2) is 0 Å². The lowest BCUT2D eigenvalue weighted by atomic mass is 9.88. The fourth-order valence-electron chi connectivity index (χ4n) is 0.433. The van der Waals surface area contributed by atoms with E-state index in [1.54, 1.807) is 0 Å². The molecule has 70 valence electrons. The monoisotopic (exact) mass is 161 g/mol. The van der Waals surface area contributed by atoms with Crippen LogP contribution in [0, 0.1) is 5.41 Å². The van der Waals surface area contributed by atoms with Gasteiger partial charge in [-0.05, 0) is 18.5 Å². The van der Waals surface area contributed by atoms with Crippen molar-refractivity contribution in [2.45, 2.75) is 41.5 Å². The summed E-state index contributed by atoms with van der Waals surface area (Å²) < 4.78 is 0. The van der Waals surface area contributed by atoms with Crippen molar-refractivity contribution < 1.29 is 1.43 Å². The van der Waals surface area contributed by atoms with Crippen LogP contribution < -0.4 is 5.32 Å². The highest BCUT2D eigenvalue weighted by atomic mass is 14.8. The molecule has 0 amide bonds. The molecule has 1 nitrogen and oxygen atoms in total. The van der Waals surface area contributed by atoms with E-state index in [4.69, 9.17) is 0 Å². The van der Waals surface area contributed by atoms with E-state index in [2.05, 4.69) is 33.0 Å². The molecule has 0 bridgehead atoms. The third-order valence-corrected chi connectivity index (χ3v) is 1.54. The number of hydrogen-bond donors (Lipinski definition) is 1. The van der Waals surface area contributed by atoms with E-state index >= 15 is 0 Å². The smallest absolute Gasteiger partial charge is 0.00276 e. The zero-order chi connectivity index (χ0) is 9.49. The first-order valence-electron chi connectivity index (χ1n) is 4.33. The average molecular weight is 161 g/mol. The van der Waals surface area contributed by atoms with Gasteiger partial charge in [0.15, 0.2) is 0 Å². The molecule has 0 heterocycles. The topological polar surface area (TPSA) is 12.0 Å². The third-order valence-electron chi connectivity index (χ3n) is 1.54. The summed E-state index contributed by atoms with van der Waals surface area (Å²) in [5.74, 6) is 0. The minimum Gasteiger partial charge on any atom is -0.394 e. The Balaban J connectivity index is -0.000000249. The van der Waals surface area contributed by atoms with Gasteiger partial charge in [0.25, 0.3) is 0 Å². The minimum atomic E-state index is 0. The molecule has 1 heteroatoms. The van der Waals surface area contributed by atoms with Crippen molar-refractivity contribution in [2.75, 3.05) is 7.05 Å². The summed E-state index contributed by atoms with van der Waals surface area (Å²) >= 11 is 0. The van der Waals surface area contributed by atoms with Gasteiger partial charge in [0, 0.05) is 8.47 Å². The van der Waals surface area contributed by atoms with Crippen LogP contribution in [-0.2, 0) is 0 Å². The van der Waals surface area contributed by atoms with Crippen LogP contribution in [0.1, 0.15) is 43.0 Å². The maximum atomic E-state index is 3.01. The summed E-state index contributed by atoms with van der Waals surface area (Å²) in [7, 11) is 1.93. The lowest BCUT2D eigenvalue weighted by molar-refractivity contribution is 0.500. The molecule has 1 N–H and O–H groups in total. The van der Waals surface area contributed by atoms with E-state index in [1.807, 2.05) is 27.1 Å². The van der Waals surface area contributed by atoms with Gasteiger partial charge in [0.2, 0.25) is 0 Å². The first kappa shape index (κ1) is 13.2. The van der Waals surface area contributed by atoms with Gasteiger partial charge < -0.3 is 5.32 Å². The Morgan fingerprint density at radius 3 is 1.73 bits per heavy atom. The van der Waals surface area contributed by atoms with Crippen LogP contribution in [0.25, 0.3) is 0 Å². The Morgan fingerprint density at radius 1 is 1.27 bits per heavy atom. The van der Waals surface area contributed by atoms with E-state index in [0.29, 0.717) is 5.41 Å². The predicted octanol–water partition coefficient (Wildman–Crippen LogP) is 3.43. The van der Waals surface area contributed by atoms with Crippen molar-refractivity contribution >= 4 is 0 Å². The normalized spacial score (nSPS) is 11.7. The number of nitrogens with one attached hydrogen (secondary N) is 1. The standard InChI is InChI=1S/C8H17N.C2H6.H2/c1-7(6-9-5)8(2,3)4;1-2;/h6,9H,1-5H3;1-2H3;1H/b7-6+;;/i;;1+2. The van der Waals surface area contributed by atoms with Crippen LogP contribution in [0.15, 0.2) is 11.8 Å². The van der Waals surface area contributed by atoms with Crippen molar-refractivity contribution in [3.05, 3.63) is 11.8 Å². The summed E-state index contributed by atoms with van der Waals surface area (Å²) in [6, 6.07) is 0. The SMILES string of the molecule is CC.CN/C=C(\C)C(C)(C)C.[3HH]. The molecule has 0 radical (unpaired) electrons. The predicted molar refractivity (Wildman–Crippen MR) is 55.7 cm³/mol. The molecule has 0 aromatic heterocycles. The second kappa shape index (κ2) is 6.26. The summed E-state index contributed by atoms with van der Waals surface area (Å²) in [5, 5.41) is 3.01. The third kappa shape index (κ3) is 7.44. The van der Waals surface area contributed by atoms with Crippen LogP contribution in [-0.4, -0.2) is 7.05 Å². The van der Waals surface area contributed by atoms with Crippen LogP contribution in [0.5, 0.6) is 0 Å².